The van der Waals surface area contributed by atoms with Crippen molar-refractivity contribution in [1.29, 1.82) is 0 Å². The van der Waals surface area contributed by atoms with E-state index in [0.29, 0.717) is 12.5 Å². The molecule has 1 fully saturated rings. The molecule has 1 aliphatic rings. The van der Waals surface area contributed by atoms with Gasteiger partial charge in [0.2, 0.25) is 0 Å². The highest BCUT2D eigenvalue weighted by atomic mass is 32.2. The zero-order valence-electron chi connectivity index (χ0n) is 7.99. The van der Waals surface area contributed by atoms with Crippen LogP contribution in [-0.4, -0.2) is 26.5 Å². The molecule has 76 valence electrons. The molecule has 1 aliphatic carbocycles. The SMILES string of the molecule is CS(=O)(=O)CCC=C1CCC(N)C1. The Bertz CT molecular complexity index is 293. The first-order valence-electron chi connectivity index (χ1n) is 4.58. The largest absolute Gasteiger partial charge is 0.327 e. The van der Waals surface area contributed by atoms with Crippen molar-refractivity contribution in [3.63, 3.8) is 0 Å². The van der Waals surface area contributed by atoms with Gasteiger partial charge in [0.05, 0.1) is 5.75 Å². The summed E-state index contributed by atoms with van der Waals surface area (Å²) in [6, 6.07) is 0.296. The minimum atomic E-state index is -2.81. The Morgan fingerprint density at radius 1 is 1.62 bits per heavy atom. The van der Waals surface area contributed by atoms with Crippen molar-refractivity contribution < 1.29 is 8.42 Å². The van der Waals surface area contributed by atoms with Gasteiger partial charge < -0.3 is 5.73 Å². The van der Waals surface area contributed by atoms with Crippen molar-refractivity contribution in [2.45, 2.75) is 31.7 Å². The third-order valence-electron chi connectivity index (χ3n) is 2.28. The molecule has 4 heteroatoms. The second-order valence-electron chi connectivity index (χ2n) is 3.78. The second kappa shape index (κ2) is 4.24. The van der Waals surface area contributed by atoms with Crippen molar-refractivity contribution in [1.82, 2.24) is 0 Å². The Kier molecular flexibility index (Phi) is 3.50. The van der Waals surface area contributed by atoms with Gasteiger partial charge in [-0.1, -0.05) is 11.6 Å². The minimum absolute atomic E-state index is 0.256. The van der Waals surface area contributed by atoms with Crippen LogP contribution in [0, 0.1) is 0 Å². The van der Waals surface area contributed by atoms with Gasteiger partial charge in [-0.15, -0.1) is 0 Å². The maximum atomic E-state index is 10.8. The smallest absolute Gasteiger partial charge is 0.147 e. The molecule has 2 N–H and O–H groups in total. The summed E-state index contributed by atoms with van der Waals surface area (Å²) < 4.78 is 21.6. The molecule has 13 heavy (non-hydrogen) atoms. The van der Waals surface area contributed by atoms with Crippen molar-refractivity contribution in [3.8, 4) is 0 Å². The molecule has 1 unspecified atom stereocenters. The zero-order chi connectivity index (χ0) is 9.90. The van der Waals surface area contributed by atoms with Gasteiger partial charge in [0.1, 0.15) is 9.84 Å². The summed E-state index contributed by atoms with van der Waals surface area (Å²) in [4.78, 5) is 0. The molecule has 0 aromatic heterocycles. The predicted molar refractivity (Wildman–Crippen MR) is 54.2 cm³/mol. The second-order valence-corrected chi connectivity index (χ2v) is 6.04. The summed E-state index contributed by atoms with van der Waals surface area (Å²) in [5.41, 5.74) is 7.05. The van der Waals surface area contributed by atoms with Crippen LogP contribution < -0.4 is 5.73 Å². The summed E-state index contributed by atoms with van der Waals surface area (Å²) >= 11 is 0. The first-order valence-corrected chi connectivity index (χ1v) is 6.64. The van der Waals surface area contributed by atoms with Crippen molar-refractivity contribution in [2.75, 3.05) is 12.0 Å². The van der Waals surface area contributed by atoms with E-state index < -0.39 is 9.84 Å². The first-order chi connectivity index (χ1) is 5.97. The van der Waals surface area contributed by atoms with E-state index in [-0.39, 0.29) is 5.75 Å². The summed E-state index contributed by atoms with van der Waals surface area (Å²) in [6.45, 7) is 0. The van der Waals surface area contributed by atoms with Crippen LogP contribution >= 0.6 is 0 Å². The predicted octanol–water partition coefficient (Wildman–Crippen LogP) is 0.859. The lowest BCUT2D eigenvalue weighted by Gasteiger charge is -1.97. The Morgan fingerprint density at radius 2 is 2.31 bits per heavy atom. The zero-order valence-corrected chi connectivity index (χ0v) is 8.81. The van der Waals surface area contributed by atoms with Gasteiger partial charge in [0.15, 0.2) is 0 Å². The van der Waals surface area contributed by atoms with E-state index in [4.69, 9.17) is 5.73 Å². The molecule has 0 heterocycles. The summed E-state index contributed by atoms with van der Waals surface area (Å²) in [7, 11) is -2.81. The van der Waals surface area contributed by atoms with Gasteiger partial charge in [0.25, 0.3) is 0 Å². The molecule has 0 radical (unpaired) electrons. The van der Waals surface area contributed by atoms with Crippen LogP contribution in [0.3, 0.4) is 0 Å². The molecule has 3 nitrogen and oxygen atoms in total. The molecule has 0 aromatic carbocycles. The minimum Gasteiger partial charge on any atom is -0.327 e. The molecule has 0 spiro atoms. The van der Waals surface area contributed by atoms with E-state index in [1.165, 1.54) is 11.8 Å². The quantitative estimate of drug-likeness (QED) is 0.692. The van der Waals surface area contributed by atoms with E-state index >= 15 is 0 Å². The van der Waals surface area contributed by atoms with Gasteiger partial charge in [-0.2, -0.15) is 0 Å². The van der Waals surface area contributed by atoms with Crippen molar-refractivity contribution >= 4 is 9.84 Å². The Hall–Kier alpha value is -0.350. The lowest BCUT2D eigenvalue weighted by molar-refractivity contribution is 0.601. The van der Waals surface area contributed by atoms with Crippen molar-refractivity contribution in [3.05, 3.63) is 11.6 Å². The Morgan fingerprint density at radius 3 is 2.77 bits per heavy atom. The maximum Gasteiger partial charge on any atom is 0.147 e. The molecule has 1 rings (SSSR count). The molecule has 0 bridgehead atoms. The van der Waals surface area contributed by atoms with Crippen LogP contribution in [-0.2, 0) is 9.84 Å². The van der Waals surface area contributed by atoms with Crippen molar-refractivity contribution in [2.24, 2.45) is 5.73 Å². The standard InChI is InChI=1S/C9H17NO2S/c1-13(11,12)6-2-3-8-4-5-9(10)7-8/h3,9H,2,4-7,10H2,1H3. The average molecular weight is 203 g/mol. The maximum absolute atomic E-state index is 10.8. The average Bonchev–Trinajstić information content (AvgIpc) is 2.33. The summed E-state index contributed by atoms with van der Waals surface area (Å²) in [5, 5.41) is 0. The monoisotopic (exact) mass is 203 g/mol. The summed E-state index contributed by atoms with van der Waals surface area (Å²) in [5.74, 6) is 0.256. The highest BCUT2D eigenvalue weighted by Crippen LogP contribution is 2.23. The fourth-order valence-electron chi connectivity index (χ4n) is 1.57. The van der Waals surface area contributed by atoms with E-state index in [1.807, 2.05) is 6.08 Å². The highest BCUT2D eigenvalue weighted by molar-refractivity contribution is 7.90. The van der Waals surface area contributed by atoms with Gasteiger partial charge in [0, 0.05) is 12.3 Å². The van der Waals surface area contributed by atoms with Crippen LogP contribution in [0.4, 0.5) is 0 Å². The van der Waals surface area contributed by atoms with Crippen LogP contribution in [0.15, 0.2) is 11.6 Å². The first kappa shape index (κ1) is 10.7. The van der Waals surface area contributed by atoms with Gasteiger partial charge in [-0.3, -0.25) is 0 Å². The van der Waals surface area contributed by atoms with Gasteiger partial charge in [-0.25, -0.2) is 8.42 Å². The Labute approximate surface area is 79.9 Å². The highest BCUT2D eigenvalue weighted by Gasteiger charge is 2.14. The number of nitrogens with two attached hydrogens (primary N) is 1. The molecular formula is C9H17NO2S. The molecule has 0 saturated heterocycles. The topological polar surface area (TPSA) is 60.2 Å². The summed E-state index contributed by atoms with van der Waals surface area (Å²) in [6.07, 6.45) is 6.99. The number of allylic oxidation sites excluding steroid dienone is 1. The Balaban J connectivity index is 2.33. The van der Waals surface area contributed by atoms with Crippen LogP contribution in [0.25, 0.3) is 0 Å². The number of rotatable bonds is 3. The van der Waals surface area contributed by atoms with E-state index in [9.17, 15) is 8.42 Å². The molecule has 1 atom stereocenters. The molecule has 0 amide bonds. The molecule has 1 saturated carbocycles. The lowest BCUT2D eigenvalue weighted by Crippen LogP contribution is -2.13. The van der Waals surface area contributed by atoms with Crippen LogP contribution in [0.5, 0.6) is 0 Å². The third-order valence-corrected chi connectivity index (χ3v) is 3.26. The van der Waals surface area contributed by atoms with Gasteiger partial charge in [-0.05, 0) is 25.7 Å². The molecular weight excluding hydrogens is 186 g/mol. The molecule has 0 aromatic rings. The lowest BCUT2D eigenvalue weighted by atomic mass is 10.2. The van der Waals surface area contributed by atoms with E-state index in [1.54, 1.807) is 0 Å². The normalized spacial score (nSPS) is 26.9. The fraction of sp³-hybridized carbons (Fsp3) is 0.778. The van der Waals surface area contributed by atoms with E-state index in [2.05, 4.69) is 0 Å². The van der Waals surface area contributed by atoms with E-state index in [0.717, 1.165) is 19.3 Å². The fourth-order valence-corrected chi connectivity index (χ4v) is 2.12. The van der Waals surface area contributed by atoms with Gasteiger partial charge >= 0.3 is 0 Å². The van der Waals surface area contributed by atoms with Crippen LogP contribution in [0.2, 0.25) is 0 Å². The number of sulfone groups is 1. The number of hydrogen-bond acceptors (Lipinski definition) is 3. The van der Waals surface area contributed by atoms with Crippen LogP contribution in [0.1, 0.15) is 25.7 Å². The number of hydrogen-bond donors (Lipinski definition) is 1. The molecule has 0 aliphatic heterocycles. The third kappa shape index (κ3) is 4.43.